The van der Waals surface area contributed by atoms with Gasteiger partial charge in [0.25, 0.3) is 0 Å². The Morgan fingerprint density at radius 3 is 2.73 bits per heavy atom. The lowest BCUT2D eigenvalue weighted by Crippen LogP contribution is -2.01. The number of halogens is 2. The van der Waals surface area contributed by atoms with Gasteiger partial charge in [0.15, 0.2) is 0 Å². The van der Waals surface area contributed by atoms with Crippen molar-refractivity contribution in [2.24, 2.45) is 0 Å². The van der Waals surface area contributed by atoms with E-state index in [0.29, 0.717) is 15.6 Å². The number of nitrogens with zero attached hydrogens (tertiary/aromatic N) is 1. The quantitative estimate of drug-likeness (QED) is 0.790. The minimum absolute atomic E-state index is 0.137. The SMILES string of the molecule is O=C(c1ccc(Br)cn1)c1sccc1Cl. The second-order valence-electron chi connectivity index (χ2n) is 2.79. The predicted molar refractivity (Wildman–Crippen MR) is 64.7 cm³/mol. The largest absolute Gasteiger partial charge is 0.286 e. The van der Waals surface area contributed by atoms with E-state index in [1.807, 2.05) is 0 Å². The van der Waals surface area contributed by atoms with E-state index in [0.717, 1.165) is 4.47 Å². The standard InChI is InChI=1S/C10H5BrClNOS/c11-6-1-2-8(13-5-6)9(14)10-7(12)3-4-15-10/h1-5H. The minimum Gasteiger partial charge on any atom is -0.286 e. The van der Waals surface area contributed by atoms with Gasteiger partial charge in [-0.3, -0.25) is 9.78 Å². The van der Waals surface area contributed by atoms with Crippen LogP contribution in [0.15, 0.2) is 34.2 Å². The third kappa shape index (κ3) is 2.27. The third-order valence-electron chi connectivity index (χ3n) is 1.78. The zero-order valence-electron chi connectivity index (χ0n) is 7.41. The molecule has 0 atom stereocenters. The molecule has 15 heavy (non-hydrogen) atoms. The summed E-state index contributed by atoms with van der Waals surface area (Å²) >= 11 is 10.5. The molecule has 0 spiro atoms. The van der Waals surface area contributed by atoms with Crippen molar-refractivity contribution in [1.29, 1.82) is 0 Å². The van der Waals surface area contributed by atoms with Crippen LogP contribution in [0.3, 0.4) is 0 Å². The number of aromatic nitrogens is 1. The van der Waals surface area contributed by atoms with Crippen LogP contribution in [0.2, 0.25) is 5.02 Å². The molecule has 0 fully saturated rings. The molecule has 0 aromatic carbocycles. The number of hydrogen-bond acceptors (Lipinski definition) is 3. The van der Waals surface area contributed by atoms with E-state index in [1.165, 1.54) is 11.3 Å². The maximum atomic E-state index is 11.9. The van der Waals surface area contributed by atoms with Gasteiger partial charge in [-0.25, -0.2) is 0 Å². The first-order chi connectivity index (χ1) is 7.18. The normalized spacial score (nSPS) is 10.3. The smallest absolute Gasteiger partial charge is 0.222 e. The highest BCUT2D eigenvalue weighted by atomic mass is 79.9. The first kappa shape index (κ1) is 10.8. The van der Waals surface area contributed by atoms with Gasteiger partial charge in [-0.1, -0.05) is 11.6 Å². The predicted octanol–water partition coefficient (Wildman–Crippen LogP) is 3.79. The van der Waals surface area contributed by atoms with Crippen LogP contribution in [0, 0.1) is 0 Å². The van der Waals surface area contributed by atoms with Crippen LogP contribution >= 0.6 is 38.9 Å². The summed E-state index contributed by atoms with van der Waals surface area (Å²) < 4.78 is 0.844. The lowest BCUT2D eigenvalue weighted by molar-refractivity contribution is 0.103. The van der Waals surface area contributed by atoms with Crippen LogP contribution in [0.1, 0.15) is 15.4 Å². The molecule has 0 aliphatic carbocycles. The van der Waals surface area contributed by atoms with E-state index in [-0.39, 0.29) is 5.78 Å². The highest BCUT2D eigenvalue weighted by Crippen LogP contribution is 2.24. The third-order valence-corrected chi connectivity index (χ3v) is 3.59. The van der Waals surface area contributed by atoms with Gasteiger partial charge in [0, 0.05) is 10.7 Å². The fraction of sp³-hybridized carbons (Fsp3) is 0. The van der Waals surface area contributed by atoms with E-state index in [1.54, 1.807) is 29.8 Å². The second kappa shape index (κ2) is 4.43. The van der Waals surface area contributed by atoms with E-state index < -0.39 is 0 Å². The number of carbonyl (C=O) groups is 1. The topological polar surface area (TPSA) is 30.0 Å². The van der Waals surface area contributed by atoms with Gasteiger partial charge < -0.3 is 0 Å². The Balaban J connectivity index is 2.37. The summed E-state index contributed by atoms with van der Waals surface area (Å²) in [6.07, 6.45) is 1.59. The van der Waals surface area contributed by atoms with Crippen molar-refractivity contribution < 1.29 is 4.79 Å². The molecule has 0 bridgehead atoms. The fourth-order valence-corrected chi connectivity index (χ4v) is 2.41. The average molecular weight is 303 g/mol. The number of pyridine rings is 1. The Kier molecular flexibility index (Phi) is 3.19. The van der Waals surface area contributed by atoms with E-state index in [4.69, 9.17) is 11.6 Å². The van der Waals surface area contributed by atoms with Crippen LogP contribution in [0.25, 0.3) is 0 Å². The van der Waals surface area contributed by atoms with Crippen LogP contribution < -0.4 is 0 Å². The molecule has 0 saturated heterocycles. The molecule has 0 aliphatic rings. The summed E-state index contributed by atoms with van der Waals surface area (Å²) in [5.74, 6) is -0.137. The summed E-state index contributed by atoms with van der Waals surface area (Å²) in [6.45, 7) is 0. The van der Waals surface area contributed by atoms with Gasteiger partial charge >= 0.3 is 0 Å². The van der Waals surface area contributed by atoms with Crippen LogP contribution in [0.4, 0.5) is 0 Å². The van der Waals surface area contributed by atoms with Crippen molar-refractivity contribution in [1.82, 2.24) is 4.98 Å². The summed E-state index contributed by atoms with van der Waals surface area (Å²) in [5, 5.41) is 2.27. The molecule has 2 heterocycles. The van der Waals surface area contributed by atoms with Crippen LogP contribution in [-0.4, -0.2) is 10.8 Å². The van der Waals surface area contributed by atoms with Crippen molar-refractivity contribution >= 4 is 44.7 Å². The molecule has 0 radical (unpaired) electrons. The van der Waals surface area contributed by atoms with E-state index >= 15 is 0 Å². The monoisotopic (exact) mass is 301 g/mol. The van der Waals surface area contributed by atoms with Crippen molar-refractivity contribution in [2.75, 3.05) is 0 Å². The van der Waals surface area contributed by atoms with Gasteiger partial charge in [-0.15, -0.1) is 11.3 Å². The molecule has 2 nitrogen and oxygen atoms in total. The van der Waals surface area contributed by atoms with Crippen LogP contribution in [0.5, 0.6) is 0 Å². The number of thiophene rings is 1. The van der Waals surface area contributed by atoms with Gasteiger partial charge in [-0.05, 0) is 39.5 Å². The van der Waals surface area contributed by atoms with E-state index in [2.05, 4.69) is 20.9 Å². The molecule has 76 valence electrons. The molecule has 2 aromatic rings. The summed E-state index contributed by atoms with van der Waals surface area (Å²) in [6, 6.07) is 5.16. The zero-order chi connectivity index (χ0) is 10.8. The molecule has 0 aliphatic heterocycles. The van der Waals surface area contributed by atoms with E-state index in [9.17, 15) is 4.79 Å². The Morgan fingerprint density at radius 2 is 2.20 bits per heavy atom. The maximum absolute atomic E-state index is 11.9. The molecular weight excluding hydrogens is 298 g/mol. The van der Waals surface area contributed by atoms with Crippen molar-refractivity contribution in [3.8, 4) is 0 Å². The zero-order valence-corrected chi connectivity index (χ0v) is 10.6. The summed E-state index contributed by atoms with van der Waals surface area (Å²) in [5.41, 5.74) is 0.405. The molecular formula is C10H5BrClNOS. The van der Waals surface area contributed by atoms with Gasteiger partial charge in [0.1, 0.15) is 5.69 Å². The fourth-order valence-electron chi connectivity index (χ4n) is 1.08. The van der Waals surface area contributed by atoms with Crippen LogP contribution in [-0.2, 0) is 0 Å². The molecule has 0 amide bonds. The number of hydrogen-bond donors (Lipinski definition) is 0. The lowest BCUT2D eigenvalue weighted by Gasteiger charge is -1.97. The molecule has 0 unspecified atom stereocenters. The van der Waals surface area contributed by atoms with Crippen molar-refractivity contribution in [3.63, 3.8) is 0 Å². The van der Waals surface area contributed by atoms with Gasteiger partial charge in [-0.2, -0.15) is 0 Å². The van der Waals surface area contributed by atoms with Gasteiger partial charge in [0.2, 0.25) is 5.78 Å². The Labute approximate surface area is 104 Å². The molecule has 5 heteroatoms. The lowest BCUT2D eigenvalue weighted by atomic mass is 10.2. The molecule has 0 N–H and O–H groups in total. The Morgan fingerprint density at radius 1 is 1.40 bits per heavy atom. The molecule has 2 aromatic heterocycles. The maximum Gasteiger partial charge on any atom is 0.222 e. The first-order valence-electron chi connectivity index (χ1n) is 4.08. The Bertz CT molecular complexity index is 494. The highest BCUT2D eigenvalue weighted by Gasteiger charge is 2.14. The summed E-state index contributed by atoms with van der Waals surface area (Å²) in [4.78, 5) is 16.4. The number of rotatable bonds is 2. The van der Waals surface area contributed by atoms with Crippen molar-refractivity contribution in [3.05, 3.63) is 49.8 Å². The molecule has 0 saturated carbocycles. The Hall–Kier alpha value is -0.710. The highest BCUT2D eigenvalue weighted by molar-refractivity contribution is 9.10. The van der Waals surface area contributed by atoms with Crippen molar-refractivity contribution in [2.45, 2.75) is 0 Å². The minimum atomic E-state index is -0.137. The number of ketones is 1. The summed E-state index contributed by atoms with van der Waals surface area (Å²) in [7, 11) is 0. The number of carbonyl (C=O) groups excluding carboxylic acids is 1. The van der Waals surface area contributed by atoms with Gasteiger partial charge in [0.05, 0.1) is 9.90 Å². The molecule has 2 rings (SSSR count). The average Bonchev–Trinajstić information content (AvgIpc) is 2.65. The first-order valence-corrected chi connectivity index (χ1v) is 6.13. The second-order valence-corrected chi connectivity index (χ2v) is 5.03.